The Kier molecular flexibility index (Phi) is 5.39. The van der Waals surface area contributed by atoms with Crippen LogP contribution in [0.15, 0.2) is 12.5 Å². The molecule has 1 saturated heterocycles. The van der Waals surface area contributed by atoms with Crippen LogP contribution in [0.1, 0.15) is 38.2 Å². The summed E-state index contributed by atoms with van der Waals surface area (Å²) >= 11 is 0. The number of rotatable bonds is 6. The third-order valence-corrected chi connectivity index (χ3v) is 3.41. The molecule has 4 nitrogen and oxygen atoms in total. The van der Waals surface area contributed by atoms with Crippen molar-refractivity contribution in [3.8, 4) is 0 Å². The molecular formula is C14H23N3O. The van der Waals surface area contributed by atoms with Crippen molar-refractivity contribution in [1.82, 2.24) is 9.97 Å². The van der Waals surface area contributed by atoms with Crippen LogP contribution in [0.3, 0.4) is 0 Å². The fraction of sp³-hybridized carbons (Fsp3) is 0.714. The van der Waals surface area contributed by atoms with E-state index in [4.69, 9.17) is 4.74 Å². The summed E-state index contributed by atoms with van der Waals surface area (Å²) < 4.78 is 5.49. The molecule has 0 amide bonds. The Morgan fingerprint density at radius 3 is 3.22 bits per heavy atom. The summed E-state index contributed by atoms with van der Waals surface area (Å²) in [4.78, 5) is 8.42. The van der Waals surface area contributed by atoms with Gasteiger partial charge in [-0.15, -0.1) is 0 Å². The summed E-state index contributed by atoms with van der Waals surface area (Å²) in [5, 5.41) is 3.44. The van der Waals surface area contributed by atoms with Gasteiger partial charge in [-0.1, -0.05) is 13.3 Å². The van der Waals surface area contributed by atoms with Gasteiger partial charge in [0.05, 0.1) is 0 Å². The van der Waals surface area contributed by atoms with E-state index in [1.807, 2.05) is 6.20 Å². The number of hydrogen-bond acceptors (Lipinski definition) is 4. The first kappa shape index (κ1) is 13.3. The molecule has 1 fully saturated rings. The van der Waals surface area contributed by atoms with Crippen molar-refractivity contribution >= 4 is 5.82 Å². The van der Waals surface area contributed by atoms with Crippen LogP contribution in [0.5, 0.6) is 0 Å². The highest BCUT2D eigenvalue weighted by Gasteiger charge is 2.13. The highest BCUT2D eigenvalue weighted by molar-refractivity contribution is 5.42. The zero-order valence-electron chi connectivity index (χ0n) is 11.2. The van der Waals surface area contributed by atoms with E-state index < -0.39 is 0 Å². The highest BCUT2D eigenvalue weighted by atomic mass is 16.5. The Balaban J connectivity index is 1.78. The number of aromatic nitrogens is 2. The lowest BCUT2D eigenvalue weighted by molar-refractivity contribution is 0.0530. The number of ether oxygens (including phenoxy) is 1. The standard InChI is InChI=1S/C14H23N3O/c1-2-4-13-9-15-11-17-14(13)16-7-6-12-5-3-8-18-10-12/h9,11-12H,2-8,10H2,1H3,(H,15,16,17)/t12-/m1/s1. The Bertz CT molecular complexity index is 351. The molecule has 18 heavy (non-hydrogen) atoms. The van der Waals surface area contributed by atoms with Gasteiger partial charge in [0, 0.05) is 31.5 Å². The second-order valence-corrected chi connectivity index (χ2v) is 4.95. The third kappa shape index (κ3) is 3.95. The maximum atomic E-state index is 5.49. The van der Waals surface area contributed by atoms with Gasteiger partial charge in [-0.05, 0) is 31.6 Å². The smallest absolute Gasteiger partial charge is 0.132 e. The average Bonchev–Trinajstić information content (AvgIpc) is 2.42. The van der Waals surface area contributed by atoms with E-state index in [0.717, 1.165) is 44.8 Å². The number of hydrogen-bond donors (Lipinski definition) is 1. The van der Waals surface area contributed by atoms with E-state index in [9.17, 15) is 0 Å². The Labute approximate surface area is 109 Å². The summed E-state index contributed by atoms with van der Waals surface area (Å²) in [5.74, 6) is 1.71. The largest absolute Gasteiger partial charge is 0.381 e. The summed E-state index contributed by atoms with van der Waals surface area (Å²) in [5.41, 5.74) is 1.22. The minimum Gasteiger partial charge on any atom is -0.381 e. The van der Waals surface area contributed by atoms with Gasteiger partial charge in [0.2, 0.25) is 0 Å². The highest BCUT2D eigenvalue weighted by Crippen LogP contribution is 2.18. The maximum Gasteiger partial charge on any atom is 0.132 e. The number of anilines is 1. The van der Waals surface area contributed by atoms with E-state index in [0.29, 0.717) is 5.92 Å². The molecule has 1 aliphatic rings. The minimum absolute atomic E-state index is 0.711. The van der Waals surface area contributed by atoms with Crippen LogP contribution in [-0.4, -0.2) is 29.7 Å². The van der Waals surface area contributed by atoms with Gasteiger partial charge >= 0.3 is 0 Å². The zero-order valence-corrected chi connectivity index (χ0v) is 11.2. The Hall–Kier alpha value is -1.16. The summed E-state index contributed by atoms with van der Waals surface area (Å²) in [7, 11) is 0. The van der Waals surface area contributed by atoms with E-state index in [1.165, 1.54) is 18.4 Å². The molecular weight excluding hydrogens is 226 g/mol. The first-order valence-electron chi connectivity index (χ1n) is 7.00. The number of nitrogens with one attached hydrogen (secondary N) is 1. The van der Waals surface area contributed by atoms with E-state index in [2.05, 4.69) is 22.2 Å². The number of aryl methyl sites for hydroxylation is 1. The molecule has 4 heteroatoms. The second-order valence-electron chi connectivity index (χ2n) is 4.95. The molecule has 0 spiro atoms. The van der Waals surface area contributed by atoms with Gasteiger partial charge in [0.15, 0.2) is 0 Å². The molecule has 0 bridgehead atoms. The van der Waals surface area contributed by atoms with Crippen LogP contribution >= 0.6 is 0 Å². The molecule has 100 valence electrons. The van der Waals surface area contributed by atoms with Crippen molar-refractivity contribution in [2.75, 3.05) is 25.1 Å². The van der Waals surface area contributed by atoms with Crippen LogP contribution < -0.4 is 5.32 Å². The van der Waals surface area contributed by atoms with Gasteiger partial charge in [-0.3, -0.25) is 0 Å². The van der Waals surface area contributed by atoms with Gasteiger partial charge in [0.25, 0.3) is 0 Å². The molecule has 1 N–H and O–H groups in total. The molecule has 0 unspecified atom stereocenters. The van der Waals surface area contributed by atoms with Crippen molar-refractivity contribution in [2.45, 2.75) is 39.0 Å². The molecule has 2 rings (SSSR count). The molecule has 1 aliphatic heterocycles. The van der Waals surface area contributed by atoms with E-state index in [-0.39, 0.29) is 0 Å². The SMILES string of the molecule is CCCc1cncnc1NCC[C@H]1CCCOC1. The lowest BCUT2D eigenvalue weighted by atomic mass is 9.99. The maximum absolute atomic E-state index is 5.49. The van der Waals surface area contributed by atoms with Crippen molar-refractivity contribution in [2.24, 2.45) is 5.92 Å². The van der Waals surface area contributed by atoms with Crippen LogP contribution in [0, 0.1) is 5.92 Å². The minimum atomic E-state index is 0.711. The Morgan fingerprint density at radius 1 is 1.50 bits per heavy atom. The van der Waals surface area contributed by atoms with Gasteiger partial charge in [-0.25, -0.2) is 9.97 Å². The van der Waals surface area contributed by atoms with E-state index in [1.54, 1.807) is 6.33 Å². The lowest BCUT2D eigenvalue weighted by Crippen LogP contribution is -2.20. The van der Waals surface area contributed by atoms with Gasteiger partial charge in [-0.2, -0.15) is 0 Å². The number of nitrogens with zero attached hydrogens (tertiary/aromatic N) is 2. The zero-order chi connectivity index (χ0) is 12.6. The first-order chi connectivity index (χ1) is 8.90. The quantitative estimate of drug-likeness (QED) is 0.842. The van der Waals surface area contributed by atoms with Crippen molar-refractivity contribution < 1.29 is 4.74 Å². The predicted octanol–water partition coefficient (Wildman–Crippen LogP) is 2.66. The van der Waals surface area contributed by atoms with Crippen molar-refractivity contribution in [3.05, 3.63) is 18.1 Å². The summed E-state index contributed by atoms with van der Waals surface area (Å²) in [6, 6.07) is 0. The summed E-state index contributed by atoms with van der Waals surface area (Å²) in [6.07, 6.45) is 9.37. The second kappa shape index (κ2) is 7.31. The van der Waals surface area contributed by atoms with Crippen LogP contribution in [-0.2, 0) is 11.2 Å². The molecule has 1 aromatic heterocycles. The third-order valence-electron chi connectivity index (χ3n) is 3.41. The van der Waals surface area contributed by atoms with Gasteiger partial charge < -0.3 is 10.1 Å². The van der Waals surface area contributed by atoms with Crippen molar-refractivity contribution in [1.29, 1.82) is 0 Å². The molecule has 2 heterocycles. The summed E-state index contributed by atoms with van der Waals surface area (Å²) in [6.45, 7) is 5.02. The molecule has 1 atom stereocenters. The molecule has 0 saturated carbocycles. The van der Waals surface area contributed by atoms with Gasteiger partial charge in [0.1, 0.15) is 12.1 Å². The fourth-order valence-corrected chi connectivity index (χ4v) is 2.40. The van der Waals surface area contributed by atoms with E-state index >= 15 is 0 Å². The Morgan fingerprint density at radius 2 is 2.44 bits per heavy atom. The molecule has 1 aromatic rings. The van der Waals surface area contributed by atoms with Crippen LogP contribution in [0.2, 0.25) is 0 Å². The monoisotopic (exact) mass is 249 g/mol. The predicted molar refractivity (Wildman–Crippen MR) is 72.7 cm³/mol. The first-order valence-corrected chi connectivity index (χ1v) is 7.00. The lowest BCUT2D eigenvalue weighted by Gasteiger charge is -2.22. The topological polar surface area (TPSA) is 47.0 Å². The fourth-order valence-electron chi connectivity index (χ4n) is 2.40. The normalized spacial score (nSPS) is 19.7. The molecule has 0 radical (unpaired) electrons. The molecule has 0 aliphatic carbocycles. The van der Waals surface area contributed by atoms with Crippen molar-refractivity contribution in [3.63, 3.8) is 0 Å². The van der Waals surface area contributed by atoms with Crippen LogP contribution in [0.25, 0.3) is 0 Å². The van der Waals surface area contributed by atoms with Crippen LogP contribution in [0.4, 0.5) is 5.82 Å². The average molecular weight is 249 g/mol. The molecule has 0 aromatic carbocycles.